The summed E-state index contributed by atoms with van der Waals surface area (Å²) in [5.41, 5.74) is 0. The molecule has 0 aliphatic carbocycles. The van der Waals surface area contributed by atoms with E-state index in [4.69, 9.17) is 0 Å². The zero-order chi connectivity index (χ0) is 33.2. The van der Waals surface area contributed by atoms with Crippen molar-refractivity contribution in [3.63, 3.8) is 0 Å². The summed E-state index contributed by atoms with van der Waals surface area (Å²) in [7, 11) is 0. The van der Waals surface area contributed by atoms with Gasteiger partial charge in [-0.3, -0.25) is 4.79 Å². The Morgan fingerprint density at radius 3 is 1.40 bits per heavy atom. The van der Waals surface area contributed by atoms with E-state index < -0.39 is 36.9 Å². The molecule has 45 heavy (non-hydrogen) atoms. The van der Waals surface area contributed by atoms with Gasteiger partial charge in [-0.2, -0.15) is 0 Å². The molecule has 0 saturated carbocycles. The van der Waals surface area contributed by atoms with Crippen LogP contribution in [-0.2, 0) is 4.79 Å². The highest BCUT2D eigenvalue weighted by Crippen LogP contribution is 2.14. The van der Waals surface area contributed by atoms with Crippen LogP contribution >= 0.6 is 0 Å². The van der Waals surface area contributed by atoms with Crippen LogP contribution in [0.5, 0.6) is 0 Å². The van der Waals surface area contributed by atoms with Gasteiger partial charge in [0.25, 0.3) is 0 Å². The lowest BCUT2D eigenvalue weighted by Gasteiger charge is -2.27. The van der Waals surface area contributed by atoms with Gasteiger partial charge in [0, 0.05) is 0 Å². The molecule has 0 saturated heterocycles. The number of unbranched alkanes of at least 4 members (excludes halogenated alkanes) is 18. The molecule has 4 atom stereocenters. The fourth-order valence-electron chi connectivity index (χ4n) is 5.49. The van der Waals surface area contributed by atoms with Crippen LogP contribution in [0.3, 0.4) is 0 Å². The van der Waals surface area contributed by atoms with Crippen molar-refractivity contribution >= 4 is 5.91 Å². The maximum absolute atomic E-state index is 12.4. The van der Waals surface area contributed by atoms with Crippen molar-refractivity contribution in [1.82, 2.24) is 5.32 Å². The quantitative estimate of drug-likeness (QED) is 0.0365. The van der Waals surface area contributed by atoms with Crippen molar-refractivity contribution in [1.29, 1.82) is 0 Å². The molecule has 264 valence electrons. The molecule has 0 aliphatic rings. The minimum Gasteiger partial charge on any atom is -0.394 e. The molecule has 0 aliphatic heterocycles. The van der Waals surface area contributed by atoms with Crippen LogP contribution in [0.2, 0.25) is 0 Å². The van der Waals surface area contributed by atoms with Crippen LogP contribution in [-0.4, -0.2) is 57.3 Å². The fraction of sp³-hybridized carbons (Fsp3) is 0.821. The minimum absolute atomic E-state index is 0.360. The minimum atomic E-state index is -1.29. The zero-order valence-corrected chi connectivity index (χ0v) is 29.4. The predicted octanol–water partition coefficient (Wildman–Crippen LogP) is 9.01. The van der Waals surface area contributed by atoms with E-state index in [1.165, 1.54) is 89.9 Å². The molecular weight excluding hydrogens is 562 g/mol. The Morgan fingerprint density at radius 1 is 0.533 bits per heavy atom. The molecule has 5 N–H and O–H groups in total. The Morgan fingerprint density at radius 2 is 0.933 bits per heavy atom. The lowest BCUT2D eigenvalue weighted by molar-refractivity contribution is -0.132. The van der Waals surface area contributed by atoms with Crippen LogP contribution in [0.1, 0.15) is 174 Å². The van der Waals surface area contributed by atoms with Crippen LogP contribution in [0.25, 0.3) is 0 Å². The second-order valence-corrected chi connectivity index (χ2v) is 12.9. The van der Waals surface area contributed by atoms with E-state index in [1.54, 1.807) is 0 Å². The molecule has 0 radical (unpaired) electrons. The Balaban J connectivity index is 3.91. The number of carbonyl (C=O) groups is 1. The summed E-state index contributed by atoms with van der Waals surface area (Å²) >= 11 is 0. The molecule has 6 nitrogen and oxygen atoms in total. The average molecular weight is 636 g/mol. The number of carbonyl (C=O) groups excluding carboxylic acids is 1. The highest BCUT2D eigenvalue weighted by molar-refractivity contribution is 5.80. The summed E-state index contributed by atoms with van der Waals surface area (Å²) in [6, 6.07) is -1.01. The summed E-state index contributed by atoms with van der Waals surface area (Å²) in [4.78, 5) is 12.4. The molecule has 0 rings (SSSR count). The van der Waals surface area contributed by atoms with Crippen molar-refractivity contribution in [2.24, 2.45) is 0 Å². The van der Waals surface area contributed by atoms with Gasteiger partial charge >= 0.3 is 0 Å². The van der Waals surface area contributed by atoms with Crippen LogP contribution in [0.15, 0.2) is 36.5 Å². The number of nitrogens with one attached hydrogen (secondary N) is 1. The van der Waals surface area contributed by atoms with E-state index in [0.29, 0.717) is 19.3 Å². The number of amides is 1. The van der Waals surface area contributed by atoms with Gasteiger partial charge in [0.15, 0.2) is 0 Å². The van der Waals surface area contributed by atoms with Gasteiger partial charge in [-0.15, -0.1) is 0 Å². The standard InChI is InChI=1S/C39H73NO5/c1-3-5-7-9-11-13-15-17-18-19-20-21-23-24-26-28-30-32-36(42)38(44)35(34-41)40-39(45)37(43)33-31-29-27-25-22-16-14-12-10-8-6-4-2/h13,15,19-20,24,26,35-38,41-44H,3-12,14,16-18,21-23,25,27-34H2,1-2H3,(H,40,45)/b15-13+,20-19+,26-24+. The van der Waals surface area contributed by atoms with Crippen LogP contribution in [0.4, 0.5) is 0 Å². The average Bonchev–Trinajstić information content (AvgIpc) is 3.04. The summed E-state index contributed by atoms with van der Waals surface area (Å²) in [6.45, 7) is 3.98. The summed E-state index contributed by atoms with van der Waals surface area (Å²) in [5.74, 6) is -0.602. The fourth-order valence-corrected chi connectivity index (χ4v) is 5.49. The van der Waals surface area contributed by atoms with Gasteiger partial charge in [0.1, 0.15) is 12.2 Å². The maximum atomic E-state index is 12.4. The number of allylic oxidation sites excluding steroid dienone is 6. The van der Waals surface area contributed by atoms with E-state index in [9.17, 15) is 25.2 Å². The van der Waals surface area contributed by atoms with Crippen molar-refractivity contribution in [2.45, 2.75) is 199 Å². The van der Waals surface area contributed by atoms with Gasteiger partial charge in [0.2, 0.25) is 5.91 Å². The molecule has 0 spiro atoms. The maximum Gasteiger partial charge on any atom is 0.249 e. The largest absolute Gasteiger partial charge is 0.394 e. The van der Waals surface area contributed by atoms with E-state index in [1.807, 2.05) is 0 Å². The molecule has 6 heteroatoms. The zero-order valence-electron chi connectivity index (χ0n) is 29.4. The molecule has 0 bridgehead atoms. The summed E-state index contributed by atoms with van der Waals surface area (Å²) in [5, 5.41) is 43.4. The summed E-state index contributed by atoms with van der Waals surface area (Å²) < 4.78 is 0. The highest BCUT2D eigenvalue weighted by Gasteiger charge is 2.28. The topological polar surface area (TPSA) is 110 Å². The monoisotopic (exact) mass is 636 g/mol. The normalized spacial score (nSPS) is 14.9. The second kappa shape index (κ2) is 33.9. The predicted molar refractivity (Wildman–Crippen MR) is 191 cm³/mol. The number of hydrogen-bond acceptors (Lipinski definition) is 5. The number of rotatable bonds is 33. The van der Waals surface area contributed by atoms with Gasteiger partial charge in [-0.1, -0.05) is 147 Å². The van der Waals surface area contributed by atoms with Crippen molar-refractivity contribution in [3.05, 3.63) is 36.5 Å². The number of hydrogen-bond donors (Lipinski definition) is 5. The van der Waals surface area contributed by atoms with E-state index in [2.05, 4.69) is 55.6 Å². The Hall–Kier alpha value is -1.47. The Kier molecular flexibility index (Phi) is 32.8. The highest BCUT2D eigenvalue weighted by atomic mass is 16.3. The Bertz CT molecular complexity index is 722. The van der Waals surface area contributed by atoms with E-state index in [0.717, 1.165) is 51.4 Å². The first-order chi connectivity index (χ1) is 22.0. The van der Waals surface area contributed by atoms with Crippen molar-refractivity contribution in [2.75, 3.05) is 6.61 Å². The molecule has 0 aromatic rings. The molecule has 0 aromatic carbocycles. The van der Waals surface area contributed by atoms with Gasteiger partial charge in [-0.05, 0) is 64.2 Å². The first kappa shape index (κ1) is 43.5. The molecule has 0 fully saturated rings. The smallest absolute Gasteiger partial charge is 0.249 e. The molecular formula is C39H73NO5. The van der Waals surface area contributed by atoms with E-state index in [-0.39, 0.29) is 0 Å². The van der Waals surface area contributed by atoms with Gasteiger partial charge in [-0.25, -0.2) is 0 Å². The van der Waals surface area contributed by atoms with Crippen molar-refractivity contribution < 1.29 is 25.2 Å². The second-order valence-electron chi connectivity index (χ2n) is 12.9. The van der Waals surface area contributed by atoms with E-state index >= 15 is 0 Å². The molecule has 0 heterocycles. The van der Waals surface area contributed by atoms with Crippen LogP contribution in [0, 0.1) is 0 Å². The first-order valence-corrected chi connectivity index (χ1v) is 18.9. The van der Waals surface area contributed by atoms with Crippen LogP contribution < -0.4 is 5.32 Å². The SMILES string of the molecule is CCCCCC/C=C/CC/C=C/CC/C=C/CCCC(O)C(O)C(CO)NC(=O)C(O)CCCCCCCCCCCCCC. The number of aliphatic hydroxyl groups is 4. The third-order valence-corrected chi connectivity index (χ3v) is 8.56. The summed E-state index contributed by atoms with van der Waals surface area (Å²) in [6.07, 6.45) is 37.3. The Labute approximate surface area is 277 Å². The molecule has 0 aromatic heterocycles. The first-order valence-electron chi connectivity index (χ1n) is 18.9. The third kappa shape index (κ3) is 28.5. The lowest BCUT2D eigenvalue weighted by Crippen LogP contribution is -2.53. The molecule has 4 unspecified atom stereocenters. The third-order valence-electron chi connectivity index (χ3n) is 8.56. The van der Waals surface area contributed by atoms with Gasteiger partial charge in [0.05, 0.1) is 18.8 Å². The number of aliphatic hydroxyl groups excluding tert-OH is 4. The van der Waals surface area contributed by atoms with Crippen molar-refractivity contribution in [3.8, 4) is 0 Å². The molecule has 1 amide bonds. The van der Waals surface area contributed by atoms with Gasteiger partial charge < -0.3 is 25.7 Å². The lowest BCUT2D eigenvalue weighted by atomic mass is 10.00.